The van der Waals surface area contributed by atoms with Crippen molar-refractivity contribution in [2.45, 2.75) is 26.2 Å². The number of nitrogens with one attached hydrogen (secondary N) is 1. The molecule has 0 bridgehead atoms. The Morgan fingerprint density at radius 1 is 1.19 bits per heavy atom. The molecule has 2 rings (SSSR count). The lowest BCUT2D eigenvalue weighted by Crippen LogP contribution is -2.09. The number of rotatable bonds is 7. The molecule has 0 radical (unpaired) electrons. The second-order valence-electron chi connectivity index (χ2n) is 4.87. The topological polar surface area (TPSA) is 73.1 Å². The molecule has 0 aliphatic rings. The van der Waals surface area contributed by atoms with Crippen LogP contribution in [0.5, 0.6) is 5.75 Å². The van der Waals surface area contributed by atoms with E-state index in [1.807, 2.05) is 18.2 Å². The van der Waals surface area contributed by atoms with Gasteiger partial charge in [-0.05, 0) is 30.5 Å². The summed E-state index contributed by atoms with van der Waals surface area (Å²) in [5, 5.41) is 3.30. The van der Waals surface area contributed by atoms with Gasteiger partial charge in [-0.1, -0.05) is 19.1 Å². The predicted octanol–water partition coefficient (Wildman–Crippen LogP) is 2.67. The number of aromatic nitrogens is 2. The van der Waals surface area contributed by atoms with E-state index in [1.54, 1.807) is 13.2 Å². The van der Waals surface area contributed by atoms with Gasteiger partial charge in [0.05, 0.1) is 7.11 Å². The minimum Gasteiger partial charge on any atom is -0.497 e. The number of anilines is 2. The maximum atomic E-state index is 5.80. The number of ether oxygens (including phenoxy) is 1. The standard InChI is InChI=1S/C16H22N4O/c1-3-5-15-19-14(17)11-16(20-15)18-9-8-12-6-4-7-13(10-12)21-2/h4,6-7,10-11H,3,5,8-9H2,1-2H3,(H3,17,18,19,20). The van der Waals surface area contributed by atoms with Crippen LogP contribution in [-0.4, -0.2) is 23.6 Å². The van der Waals surface area contributed by atoms with Crippen LogP contribution in [0.15, 0.2) is 30.3 Å². The highest BCUT2D eigenvalue weighted by molar-refractivity contribution is 5.44. The van der Waals surface area contributed by atoms with Gasteiger partial charge < -0.3 is 15.8 Å². The molecular weight excluding hydrogens is 264 g/mol. The molecule has 5 nitrogen and oxygen atoms in total. The molecule has 21 heavy (non-hydrogen) atoms. The smallest absolute Gasteiger partial charge is 0.133 e. The van der Waals surface area contributed by atoms with Gasteiger partial charge >= 0.3 is 0 Å². The maximum absolute atomic E-state index is 5.80. The van der Waals surface area contributed by atoms with Crippen molar-refractivity contribution in [3.8, 4) is 5.75 Å². The Kier molecular flexibility index (Phi) is 5.37. The molecule has 3 N–H and O–H groups in total. The summed E-state index contributed by atoms with van der Waals surface area (Å²) in [4.78, 5) is 8.68. The lowest BCUT2D eigenvalue weighted by molar-refractivity contribution is 0.414. The first-order chi connectivity index (χ1) is 10.2. The Labute approximate surface area is 125 Å². The van der Waals surface area contributed by atoms with Gasteiger partial charge in [-0.25, -0.2) is 9.97 Å². The largest absolute Gasteiger partial charge is 0.497 e. The van der Waals surface area contributed by atoms with Crippen LogP contribution >= 0.6 is 0 Å². The molecule has 1 aromatic heterocycles. The monoisotopic (exact) mass is 286 g/mol. The van der Waals surface area contributed by atoms with Crippen LogP contribution in [0, 0.1) is 0 Å². The molecule has 0 atom stereocenters. The molecule has 1 heterocycles. The van der Waals surface area contributed by atoms with Crippen LogP contribution in [0.2, 0.25) is 0 Å². The predicted molar refractivity (Wildman–Crippen MR) is 85.6 cm³/mol. The molecule has 5 heteroatoms. The Morgan fingerprint density at radius 2 is 2.05 bits per heavy atom. The summed E-state index contributed by atoms with van der Waals surface area (Å²) in [5.74, 6) is 2.97. The minimum atomic E-state index is 0.511. The fourth-order valence-corrected chi connectivity index (χ4v) is 2.11. The van der Waals surface area contributed by atoms with E-state index in [1.165, 1.54) is 5.56 Å². The van der Waals surface area contributed by atoms with Crippen LogP contribution in [0.1, 0.15) is 24.7 Å². The van der Waals surface area contributed by atoms with Gasteiger partial charge in [0.2, 0.25) is 0 Å². The Bertz CT molecular complexity index is 586. The summed E-state index contributed by atoms with van der Waals surface area (Å²) in [6.45, 7) is 2.89. The third-order valence-corrected chi connectivity index (χ3v) is 3.12. The number of hydrogen-bond donors (Lipinski definition) is 2. The van der Waals surface area contributed by atoms with Crippen LogP contribution in [0.3, 0.4) is 0 Å². The van der Waals surface area contributed by atoms with Crippen molar-refractivity contribution in [3.05, 3.63) is 41.7 Å². The number of aryl methyl sites for hydroxylation is 1. The zero-order chi connectivity index (χ0) is 15.1. The van der Waals surface area contributed by atoms with Gasteiger partial charge in [0.15, 0.2) is 0 Å². The second kappa shape index (κ2) is 7.47. The molecule has 0 saturated carbocycles. The lowest BCUT2D eigenvalue weighted by atomic mass is 10.1. The average Bonchev–Trinajstić information content (AvgIpc) is 2.47. The number of methoxy groups -OCH3 is 1. The second-order valence-corrected chi connectivity index (χ2v) is 4.87. The number of nitrogen functional groups attached to an aromatic ring is 1. The van der Waals surface area contributed by atoms with E-state index in [4.69, 9.17) is 10.5 Å². The van der Waals surface area contributed by atoms with E-state index >= 15 is 0 Å². The first-order valence-corrected chi connectivity index (χ1v) is 7.21. The minimum absolute atomic E-state index is 0.511. The van der Waals surface area contributed by atoms with Crippen molar-refractivity contribution in [3.63, 3.8) is 0 Å². The molecule has 0 fully saturated rings. The summed E-state index contributed by atoms with van der Waals surface area (Å²) in [5.41, 5.74) is 7.02. The Morgan fingerprint density at radius 3 is 2.81 bits per heavy atom. The van der Waals surface area contributed by atoms with Gasteiger partial charge in [0.1, 0.15) is 23.2 Å². The quantitative estimate of drug-likeness (QED) is 0.818. The number of nitrogens with two attached hydrogens (primary N) is 1. The molecule has 1 aromatic carbocycles. The summed E-state index contributed by atoms with van der Waals surface area (Å²) in [7, 11) is 1.68. The molecule has 0 aliphatic carbocycles. The van der Waals surface area contributed by atoms with Crippen molar-refractivity contribution in [2.75, 3.05) is 24.7 Å². The van der Waals surface area contributed by atoms with E-state index in [0.29, 0.717) is 5.82 Å². The van der Waals surface area contributed by atoms with E-state index in [-0.39, 0.29) is 0 Å². The molecule has 0 unspecified atom stereocenters. The van der Waals surface area contributed by atoms with E-state index < -0.39 is 0 Å². The van der Waals surface area contributed by atoms with Crippen LogP contribution in [0.4, 0.5) is 11.6 Å². The molecule has 0 saturated heterocycles. The first-order valence-electron chi connectivity index (χ1n) is 7.21. The number of nitrogens with zero attached hydrogens (tertiary/aromatic N) is 2. The zero-order valence-corrected chi connectivity index (χ0v) is 12.6. The van der Waals surface area contributed by atoms with Crippen molar-refractivity contribution in [1.29, 1.82) is 0 Å². The van der Waals surface area contributed by atoms with Gasteiger partial charge in [0, 0.05) is 19.0 Å². The number of benzene rings is 1. The summed E-state index contributed by atoms with van der Waals surface area (Å²) < 4.78 is 5.22. The number of hydrogen-bond acceptors (Lipinski definition) is 5. The van der Waals surface area contributed by atoms with Crippen molar-refractivity contribution in [1.82, 2.24) is 9.97 Å². The highest BCUT2D eigenvalue weighted by atomic mass is 16.5. The summed E-state index contributed by atoms with van der Waals surface area (Å²) in [6, 6.07) is 9.83. The zero-order valence-electron chi connectivity index (χ0n) is 12.6. The van der Waals surface area contributed by atoms with Crippen LogP contribution < -0.4 is 15.8 Å². The summed E-state index contributed by atoms with van der Waals surface area (Å²) in [6.07, 6.45) is 2.74. The fourth-order valence-electron chi connectivity index (χ4n) is 2.11. The van der Waals surface area contributed by atoms with Gasteiger partial charge in [-0.2, -0.15) is 0 Å². The van der Waals surface area contributed by atoms with Crippen molar-refractivity contribution < 1.29 is 4.74 Å². The normalized spacial score (nSPS) is 10.4. The molecule has 0 amide bonds. The van der Waals surface area contributed by atoms with Gasteiger partial charge in [-0.3, -0.25) is 0 Å². The third-order valence-electron chi connectivity index (χ3n) is 3.12. The SMILES string of the molecule is CCCc1nc(N)cc(NCCc2cccc(OC)c2)n1. The van der Waals surface area contributed by atoms with Crippen molar-refractivity contribution >= 4 is 11.6 Å². The highest BCUT2D eigenvalue weighted by Crippen LogP contribution is 2.14. The summed E-state index contributed by atoms with van der Waals surface area (Å²) >= 11 is 0. The Balaban J connectivity index is 1.93. The molecule has 0 spiro atoms. The Hall–Kier alpha value is -2.30. The van der Waals surface area contributed by atoms with E-state index in [9.17, 15) is 0 Å². The average molecular weight is 286 g/mol. The molecule has 2 aromatic rings. The van der Waals surface area contributed by atoms with Gasteiger partial charge in [-0.15, -0.1) is 0 Å². The van der Waals surface area contributed by atoms with Crippen LogP contribution in [0.25, 0.3) is 0 Å². The van der Waals surface area contributed by atoms with E-state index in [0.717, 1.165) is 43.2 Å². The first kappa shape index (κ1) is 15.1. The van der Waals surface area contributed by atoms with Crippen molar-refractivity contribution in [2.24, 2.45) is 0 Å². The van der Waals surface area contributed by atoms with E-state index in [2.05, 4.69) is 28.3 Å². The lowest BCUT2D eigenvalue weighted by Gasteiger charge is -2.09. The van der Waals surface area contributed by atoms with Crippen LogP contribution in [-0.2, 0) is 12.8 Å². The maximum Gasteiger partial charge on any atom is 0.133 e. The highest BCUT2D eigenvalue weighted by Gasteiger charge is 2.02. The molecular formula is C16H22N4O. The molecule has 0 aliphatic heterocycles. The molecule has 112 valence electrons. The fraction of sp³-hybridized carbons (Fsp3) is 0.375. The van der Waals surface area contributed by atoms with Gasteiger partial charge in [0.25, 0.3) is 0 Å². The third kappa shape index (κ3) is 4.63.